The van der Waals surface area contributed by atoms with Crippen LogP contribution in [0, 0.1) is 0 Å². The van der Waals surface area contributed by atoms with Crippen molar-refractivity contribution in [3.05, 3.63) is 53.8 Å². The lowest BCUT2D eigenvalue weighted by atomic mass is 9.88. The van der Waals surface area contributed by atoms with Crippen molar-refractivity contribution in [1.82, 2.24) is 9.88 Å². The Hall–Kier alpha value is -2.64. The van der Waals surface area contributed by atoms with Crippen LogP contribution in [0.25, 0.3) is 0 Å². The van der Waals surface area contributed by atoms with Gasteiger partial charge in [0.05, 0.1) is 17.5 Å². The monoisotopic (exact) mass is 414 g/mol. The molecule has 1 aromatic heterocycles. The van der Waals surface area contributed by atoms with Crippen molar-refractivity contribution in [3.63, 3.8) is 0 Å². The molecule has 1 unspecified atom stereocenters. The molecule has 1 aromatic carbocycles. The fourth-order valence-electron chi connectivity index (χ4n) is 3.88. The number of halogens is 1. The molecule has 2 aliphatic heterocycles. The molecule has 29 heavy (non-hydrogen) atoms. The van der Waals surface area contributed by atoms with E-state index in [4.69, 9.17) is 16.3 Å². The number of hydrogen-bond donors (Lipinski definition) is 2. The molecule has 152 valence electrons. The molecule has 0 aliphatic carbocycles. The zero-order chi connectivity index (χ0) is 20.3. The largest absolute Gasteiger partial charge is 0.362 e. The highest BCUT2D eigenvalue weighted by atomic mass is 35.5. The predicted octanol–water partition coefficient (Wildman–Crippen LogP) is 3.92. The molecule has 0 saturated carbocycles. The molecule has 0 bridgehead atoms. The van der Waals surface area contributed by atoms with Gasteiger partial charge in [0.15, 0.2) is 0 Å². The first-order valence-electron chi connectivity index (χ1n) is 9.73. The number of hydrogen-bond acceptors (Lipinski definition) is 4. The Bertz CT molecular complexity index is 867. The second kappa shape index (κ2) is 8.39. The van der Waals surface area contributed by atoms with Gasteiger partial charge in [-0.05, 0) is 62.1 Å². The molecule has 4 rings (SSSR count). The maximum atomic E-state index is 12.5. The van der Waals surface area contributed by atoms with Gasteiger partial charge in [0.25, 0.3) is 5.91 Å². The van der Waals surface area contributed by atoms with E-state index >= 15 is 0 Å². The number of rotatable bonds is 3. The third-order valence-electron chi connectivity index (χ3n) is 5.53. The lowest BCUT2D eigenvalue weighted by Crippen LogP contribution is -2.48. The summed E-state index contributed by atoms with van der Waals surface area (Å²) in [5.41, 5.74) is 1.05. The van der Waals surface area contributed by atoms with Crippen LogP contribution in [0.3, 0.4) is 0 Å². The van der Waals surface area contributed by atoms with Crippen LogP contribution in [-0.2, 0) is 9.53 Å². The molecule has 2 aliphatic rings. The van der Waals surface area contributed by atoms with Crippen molar-refractivity contribution in [2.24, 2.45) is 0 Å². The zero-order valence-corrected chi connectivity index (χ0v) is 16.7. The molecule has 0 radical (unpaired) electrons. The number of piperidine rings is 1. The SMILES string of the molecule is O=C(Nc1cccnc1)C1CCC2(CCN(C(=O)Nc3ccc(Cl)cc3)CC2)O1. The van der Waals surface area contributed by atoms with Crippen LogP contribution in [0.5, 0.6) is 0 Å². The number of amides is 3. The van der Waals surface area contributed by atoms with E-state index in [0.717, 1.165) is 19.3 Å². The van der Waals surface area contributed by atoms with Gasteiger partial charge in [-0.1, -0.05) is 11.6 Å². The number of nitrogens with zero attached hydrogens (tertiary/aromatic N) is 2. The van der Waals surface area contributed by atoms with Crippen LogP contribution < -0.4 is 10.6 Å². The summed E-state index contributed by atoms with van der Waals surface area (Å²) in [5, 5.41) is 6.37. The van der Waals surface area contributed by atoms with E-state index in [1.54, 1.807) is 53.7 Å². The van der Waals surface area contributed by atoms with E-state index in [-0.39, 0.29) is 17.5 Å². The molecule has 2 saturated heterocycles. The normalized spacial score (nSPS) is 20.4. The Labute approximate surface area is 174 Å². The molecular weight excluding hydrogens is 392 g/mol. The lowest BCUT2D eigenvalue weighted by Gasteiger charge is -2.39. The van der Waals surface area contributed by atoms with Crippen molar-refractivity contribution in [2.75, 3.05) is 23.7 Å². The van der Waals surface area contributed by atoms with E-state index in [0.29, 0.717) is 35.9 Å². The summed E-state index contributed by atoms with van der Waals surface area (Å²) >= 11 is 5.88. The first kappa shape index (κ1) is 19.7. The van der Waals surface area contributed by atoms with Crippen LogP contribution in [0.15, 0.2) is 48.8 Å². The molecule has 3 amide bonds. The summed E-state index contributed by atoms with van der Waals surface area (Å²) in [6, 6.07) is 10.5. The van der Waals surface area contributed by atoms with Crippen LogP contribution in [0.2, 0.25) is 5.02 Å². The average molecular weight is 415 g/mol. The van der Waals surface area contributed by atoms with Gasteiger partial charge in [0.1, 0.15) is 6.10 Å². The number of ether oxygens (including phenoxy) is 1. The minimum atomic E-state index is -0.468. The number of likely N-dealkylation sites (tertiary alicyclic amines) is 1. The summed E-state index contributed by atoms with van der Waals surface area (Å²) in [6.07, 6.45) is 5.75. The summed E-state index contributed by atoms with van der Waals surface area (Å²) in [5.74, 6) is -0.141. The number of anilines is 2. The smallest absolute Gasteiger partial charge is 0.321 e. The highest BCUT2D eigenvalue weighted by molar-refractivity contribution is 6.30. The third-order valence-corrected chi connectivity index (χ3v) is 5.79. The molecule has 1 atom stereocenters. The number of aromatic nitrogens is 1. The third kappa shape index (κ3) is 4.68. The fourth-order valence-corrected chi connectivity index (χ4v) is 4.00. The van der Waals surface area contributed by atoms with Gasteiger partial charge in [-0.2, -0.15) is 0 Å². The number of urea groups is 1. The lowest BCUT2D eigenvalue weighted by molar-refractivity contribution is -0.134. The van der Waals surface area contributed by atoms with E-state index in [1.165, 1.54) is 0 Å². The van der Waals surface area contributed by atoms with E-state index in [1.807, 2.05) is 0 Å². The first-order chi connectivity index (χ1) is 14.0. The minimum Gasteiger partial charge on any atom is -0.362 e. The van der Waals surface area contributed by atoms with Crippen molar-refractivity contribution >= 4 is 34.9 Å². The van der Waals surface area contributed by atoms with Gasteiger partial charge in [-0.15, -0.1) is 0 Å². The minimum absolute atomic E-state index is 0.133. The molecule has 3 heterocycles. The Morgan fingerprint density at radius 2 is 1.83 bits per heavy atom. The van der Waals surface area contributed by atoms with Gasteiger partial charge in [-0.3, -0.25) is 9.78 Å². The Kier molecular flexibility index (Phi) is 5.69. The van der Waals surface area contributed by atoms with Gasteiger partial charge in [0.2, 0.25) is 0 Å². The van der Waals surface area contributed by atoms with Crippen LogP contribution in [0.1, 0.15) is 25.7 Å². The highest BCUT2D eigenvalue weighted by Gasteiger charge is 2.45. The van der Waals surface area contributed by atoms with Gasteiger partial charge < -0.3 is 20.3 Å². The average Bonchev–Trinajstić information content (AvgIpc) is 3.15. The number of nitrogens with one attached hydrogen (secondary N) is 2. The summed E-state index contributed by atoms with van der Waals surface area (Å²) < 4.78 is 6.18. The molecule has 8 heteroatoms. The maximum Gasteiger partial charge on any atom is 0.321 e. The quantitative estimate of drug-likeness (QED) is 0.797. The van der Waals surface area contributed by atoms with Crippen LogP contribution in [0.4, 0.5) is 16.2 Å². The van der Waals surface area contributed by atoms with Crippen molar-refractivity contribution in [2.45, 2.75) is 37.4 Å². The summed E-state index contributed by atoms with van der Waals surface area (Å²) in [7, 11) is 0. The fraction of sp³-hybridized carbons (Fsp3) is 0.381. The molecule has 2 aromatic rings. The number of pyridine rings is 1. The number of benzene rings is 1. The van der Waals surface area contributed by atoms with Crippen LogP contribution >= 0.6 is 11.6 Å². The van der Waals surface area contributed by atoms with Gasteiger partial charge in [0, 0.05) is 30.0 Å². The Balaban J connectivity index is 1.28. The maximum absolute atomic E-state index is 12.5. The van der Waals surface area contributed by atoms with Crippen LogP contribution in [-0.4, -0.2) is 46.6 Å². The second-order valence-corrected chi connectivity index (χ2v) is 7.92. The highest BCUT2D eigenvalue weighted by Crippen LogP contribution is 2.39. The Morgan fingerprint density at radius 1 is 1.07 bits per heavy atom. The van der Waals surface area contributed by atoms with Crippen molar-refractivity contribution < 1.29 is 14.3 Å². The molecule has 2 fully saturated rings. The summed E-state index contributed by atoms with van der Waals surface area (Å²) in [6.45, 7) is 1.19. The van der Waals surface area contributed by atoms with Gasteiger partial charge in [-0.25, -0.2) is 4.79 Å². The van der Waals surface area contributed by atoms with E-state index in [9.17, 15) is 9.59 Å². The molecular formula is C21H23ClN4O3. The molecule has 1 spiro atoms. The van der Waals surface area contributed by atoms with Crippen molar-refractivity contribution in [1.29, 1.82) is 0 Å². The van der Waals surface area contributed by atoms with Gasteiger partial charge >= 0.3 is 6.03 Å². The molecule has 7 nitrogen and oxygen atoms in total. The van der Waals surface area contributed by atoms with Crippen molar-refractivity contribution in [3.8, 4) is 0 Å². The topological polar surface area (TPSA) is 83.6 Å². The zero-order valence-electron chi connectivity index (χ0n) is 15.9. The Morgan fingerprint density at radius 3 is 2.52 bits per heavy atom. The van der Waals surface area contributed by atoms with E-state index < -0.39 is 6.10 Å². The molecule has 2 N–H and O–H groups in total. The van der Waals surface area contributed by atoms with E-state index in [2.05, 4.69) is 15.6 Å². The summed E-state index contributed by atoms with van der Waals surface area (Å²) in [4.78, 5) is 30.8. The predicted molar refractivity (Wildman–Crippen MR) is 111 cm³/mol. The second-order valence-electron chi connectivity index (χ2n) is 7.48. The number of carbonyl (C=O) groups is 2. The number of carbonyl (C=O) groups excluding carboxylic acids is 2. The first-order valence-corrected chi connectivity index (χ1v) is 10.1. The standard InChI is InChI=1S/C21H23ClN4O3/c22-15-3-5-16(6-4-15)25-20(28)26-12-9-21(10-13-26)8-7-18(29-21)19(27)24-17-2-1-11-23-14-17/h1-6,11,14,18H,7-10,12-13H2,(H,24,27)(H,25,28).